The Bertz CT molecular complexity index is 489. The van der Waals surface area contributed by atoms with E-state index in [-0.39, 0.29) is 25.1 Å². The van der Waals surface area contributed by atoms with E-state index in [1.165, 1.54) is 0 Å². The molecule has 0 bridgehead atoms. The first-order valence-corrected chi connectivity index (χ1v) is 7.64. The van der Waals surface area contributed by atoms with Crippen molar-refractivity contribution in [1.82, 2.24) is 10.2 Å². The van der Waals surface area contributed by atoms with Gasteiger partial charge in [-0.15, -0.1) is 0 Å². The van der Waals surface area contributed by atoms with Crippen molar-refractivity contribution in [3.05, 3.63) is 29.3 Å². The second-order valence-electron chi connectivity index (χ2n) is 6.15. The predicted octanol–water partition coefficient (Wildman–Crippen LogP) is 1.50. The molecule has 0 heterocycles. The van der Waals surface area contributed by atoms with E-state index in [1.54, 1.807) is 11.9 Å². The topological polar surface area (TPSA) is 61.8 Å². The van der Waals surface area contributed by atoms with Crippen LogP contribution < -0.4 is 10.1 Å². The summed E-state index contributed by atoms with van der Waals surface area (Å²) in [5, 5.41) is 12.9. The summed E-state index contributed by atoms with van der Waals surface area (Å²) in [5.41, 5.74) is 2.17. The molecule has 0 saturated carbocycles. The van der Waals surface area contributed by atoms with Gasteiger partial charge < -0.3 is 15.2 Å². The molecule has 1 aromatic carbocycles. The van der Waals surface area contributed by atoms with Crippen molar-refractivity contribution in [2.24, 2.45) is 0 Å². The molecule has 2 N–H and O–H groups in total. The molecule has 0 aliphatic carbocycles. The Hall–Kier alpha value is -1.59. The number of hydrogen-bond acceptors (Lipinski definition) is 4. The van der Waals surface area contributed by atoms with E-state index >= 15 is 0 Å². The van der Waals surface area contributed by atoms with Gasteiger partial charge in [-0.25, -0.2) is 0 Å². The van der Waals surface area contributed by atoms with Gasteiger partial charge >= 0.3 is 0 Å². The molecule has 1 rings (SSSR count). The third-order valence-corrected chi connectivity index (χ3v) is 3.16. The molecule has 0 spiro atoms. The highest BCUT2D eigenvalue weighted by atomic mass is 16.5. The summed E-state index contributed by atoms with van der Waals surface area (Å²) >= 11 is 0. The van der Waals surface area contributed by atoms with Crippen LogP contribution in [0.3, 0.4) is 0 Å². The molecule has 0 saturated heterocycles. The SMILES string of the molecule is Cc1ccc(C)c(OCC(O)CN(C)CC(=O)NC(C)C)c1. The molecular weight excluding hydrogens is 280 g/mol. The minimum atomic E-state index is -0.642. The highest BCUT2D eigenvalue weighted by Crippen LogP contribution is 2.19. The summed E-state index contributed by atoms with van der Waals surface area (Å²) in [6, 6.07) is 6.11. The molecule has 0 fully saturated rings. The number of benzene rings is 1. The largest absolute Gasteiger partial charge is 0.491 e. The first-order chi connectivity index (χ1) is 10.3. The van der Waals surface area contributed by atoms with E-state index in [2.05, 4.69) is 5.32 Å². The van der Waals surface area contributed by atoms with Crippen LogP contribution in [0.5, 0.6) is 5.75 Å². The van der Waals surface area contributed by atoms with Crippen molar-refractivity contribution in [3.63, 3.8) is 0 Å². The Morgan fingerprint density at radius 1 is 1.36 bits per heavy atom. The number of nitrogens with zero attached hydrogens (tertiary/aromatic N) is 1. The molecule has 0 aliphatic heterocycles. The van der Waals surface area contributed by atoms with Crippen LogP contribution >= 0.6 is 0 Å². The third-order valence-electron chi connectivity index (χ3n) is 3.16. The molecule has 0 aliphatic rings. The van der Waals surface area contributed by atoms with Gasteiger partial charge in [0.15, 0.2) is 0 Å². The van der Waals surface area contributed by atoms with Gasteiger partial charge in [0.05, 0.1) is 6.54 Å². The quantitative estimate of drug-likeness (QED) is 0.764. The molecule has 1 aromatic rings. The van der Waals surface area contributed by atoms with Gasteiger partial charge in [-0.1, -0.05) is 12.1 Å². The average Bonchev–Trinajstić information content (AvgIpc) is 2.38. The highest BCUT2D eigenvalue weighted by molar-refractivity contribution is 5.78. The van der Waals surface area contributed by atoms with E-state index < -0.39 is 6.10 Å². The Morgan fingerprint density at radius 2 is 2.05 bits per heavy atom. The number of hydrogen-bond donors (Lipinski definition) is 2. The van der Waals surface area contributed by atoms with Crippen molar-refractivity contribution < 1.29 is 14.6 Å². The van der Waals surface area contributed by atoms with E-state index in [0.717, 1.165) is 16.9 Å². The molecule has 0 radical (unpaired) electrons. The van der Waals surface area contributed by atoms with Crippen molar-refractivity contribution in [2.45, 2.75) is 39.8 Å². The molecule has 1 unspecified atom stereocenters. The van der Waals surface area contributed by atoms with Gasteiger partial charge in [-0.3, -0.25) is 9.69 Å². The fraction of sp³-hybridized carbons (Fsp3) is 0.588. The molecule has 5 heteroatoms. The van der Waals surface area contributed by atoms with Crippen LogP contribution in [0.15, 0.2) is 18.2 Å². The zero-order chi connectivity index (χ0) is 16.7. The maximum atomic E-state index is 11.6. The van der Waals surface area contributed by atoms with Crippen LogP contribution in [0.2, 0.25) is 0 Å². The number of nitrogens with one attached hydrogen (secondary N) is 1. The van der Waals surface area contributed by atoms with E-state index in [9.17, 15) is 9.90 Å². The van der Waals surface area contributed by atoms with Crippen molar-refractivity contribution >= 4 is 5.91 Å². The van der Waals surface area contributed by atoms with Crippen LogP contribution in [-0.4, -0.2) is 54.8 Å². The lowest BCUT2D eigenvalue weighted by Gasteiger charge is -2.21. The molecule has 1 amide bonds. The summed E-state index contributed by atoms with van der Waals surface area (Å²) in [4.78, 5) is 13.4. The van der Waals surface area contributed by atoms with Crippen LogP contribution in [0, 0.1) is 13.8 Å². The van der Waals surface area contributed by atoms with Gasteiger partial charge in [0.2, 0.25) is 5.91 Å². The van der Waals surface area contributed by atoms with Gasteiger partial charge in [0.25, 0.3) is 0 Å². The number of aliphatic hydroxyl groups is 1. The number of amides is 1. The monoisotopic (exact) mass is 308 g/mol. The fourth-order valence-corrected chi connectivity index (χ4v) is 2.14. The minimum Gasteiger partial charge on any atom is -0.491 e. The van der Waals surface area contributed by atoms with Crippen molar-refractivity contribution in [3.8, 4) is 5.75 Å². The number of aryl methyl sites for hydroxylation is 2. The van der Waals surface area contributed by atoms with Gasteiger partial charge in [-0.2, -0.15) is 0 Å². The van der Waals surface area contributed by atoms with Crippen molar-refractivity contribution in [2.75, 3.05) is 26.7 Å². The van der Waals surface area contributed by atoms with Gasteiger partial charge in [-0.05, 0) is 51.9 Å². The standard InChI is InChI=1S/C17H28N2O3/c1-12(2)18-17(21)10-19(5)9-15(20)11-22-16-8-13(3)6-7-14(16)4/h6-8,12,15,20H,9-11H2,1-5H3,(H,18,21). The van der Waals surface area contributed by atoms with Crippen LogP contribution in [0.25, 0.3) is 0 Å². The van der Waals surface area contributed by atoms with Gasteiger partial charge in [0.1, 0.15) is 18.5 Å². The zero-order valence-corrected chi connectivity index (χ0v) is 14.2. The smallest absolute Gasteiger partial charge is 0.234 e. The second kappa shape index (κ2) is 8.76. The molecule has 0 aromatic heterocycles. The number of ether oxygens (including phenoxy) is 1. The van der Waals surface area contributed by atoms with Crippen LogP contribution in [0.4, 0.5) is 0 Å². The lowest BCUT2D eigenvalue weighted by atomic mass is 10.1. The normalized spacial score (nSPS) is 12.5. The average molecular weight is 308 g/mol. The van der Waals surface area contributed by atoms with Gasteiger partial charge in [0, 0.05) is 12.6 Å². The second-order valence-corrected chi connectivity index (χ2v) is 6.15. The lowest BCUT2D eigenvalue weighted by molar-refractivity contribution is -0.122. The predicted molar refractivity (Wildman–Crippen MR) is 88.2 cm³/mol. The Morgan fingerprint density at radius 3 is 2.68 bits per heavy atom. The number of rotatable bonds is 8. The van der Waals surface area contributed by atoms with Crippen LogP contribution in [0.1, 0.15) is 25.0 Å². The third kappa shape index (κ3) is 6.91. The summed E-state index contributed by atoms with van der Waals surface area (Å²) in [6.45, 7) is 8.68. The summed E-state index contributed by atoms with van der Waals surface area (Å²) in [6.07, 6.45) is -0.642. The molecule has 5 nitrogen and oxygen atoms in total. The summed E-state index contributed by atoms with van der Waals surface area (Å²) in [5.74, 6) is 0.749. The van der Waals surface area contributed by atoms with E-state index in [4.69, 9.17) is 4.74 Å². The Balaban J connectivity index is 2.38. The number of aliphatic hydroxyl groups excluding tert-OH is 1. The Labute approximate surface area is 133 Å². The summed E-state index contributed by atoms with van der Waals surface area (Å²) in [7, 11) is 1.81. The lowest BCUT2D eigenvalue weighted by Crippen LogP contribution is -2.42. The number of likely N-dealkylation sites (N-methyl/N-ethyl adjacent to an activating group) is 1. The molecule has 22 heavy (non-hydrogen) atoms. The minimum absolute atomic E-state index is 0.0415. The molecular formula is C17H28N2O3. The molecule has 124 valence electrons. The maximum absolute atomic E-state index is 11.6. The zero-order valence-electron chi connectivity index (χ0n) is 14.2. The fourth-order valence-electron chi connectivity index (χ4n) is 2.14. The first-order valence-electron chi connectivity index (χ1n) is 7.64. The number of carbonyl (C=O) groups excluding carboxylic acids is 1. The highest BCUT2D eigenvalue weighted by Gasteiger charge is 2.13. The van der Waals surface area contributed by atoms with Crippen LogP contribution in [-0.2, 0) is 4.79 Å². The Kier molecular flexibility index (Phi) is 7.35. The molecule has 1 atom stereocenters. The summed E-state index contributed by atoms with van der Waals surface area (Å²) < 4.78 is 5.67. The maximum Gasteiger partial charge on any atom is 0.234 e. The number of carbonyl (C=O) groups is 1. The van der Waals surface area contributed by atoms with Crippen molar-refractivity contribution in [1.29, 1.82) is 0 Å². The van der Waals surface area contributed by atoms with E-state index in [1.807, 2.05) is 45.9 Å². The van der Waals surface area contributed by atoms with E-state index in [0.29, 0.717) is 6.54 Å². The first kappa shape index (κ1) is 18.5.